The Morgan fingerprint density at radius 1 is 0.775 bits per heavy atom. The zero-order chi connectivity index (χ0) is 27.7. The summed E-state index contributed by atoms with van der Waals surface area (Å²) in [7, 11) is 0. The molecule has 5 rings (SSSR count). The summed E-state index contributed by atoms with van der Waals surface area (Å²) in [5, 5.41) is 9.69. The third kappa shape index (κ3) is 6.58. The summed E-state index contributed by atoms with van der Waals surface area (Å²) in [5.41, 5.74) is 5.37. The average Bonchev–Trinajstić information content (AvgIpc) is 3.00. The molecular formula is C34H36N4O2. The van der Waals surface area contributed by atoms with Crippen LogP contribution < -0.4 is 16.0 Å². The van der Waals surface area contributed by atoms with Gasteiger partial charge in [0.1, 0.15) is 6.04 Å². The number of nitrogens with zero attached hydrogens (tertiary/aromatic N) is 1. The predicted molar refractivity (Wildman–Crippen MR) is 162 cm³/mol. The van der Waals surface area contributed by atoms with Gasteiger partial charge in [-0.15, -0.1) is 0 Å². The molecule has 1 aliphatic heterocycles. The first kappa shape index (κ1) is 27.2. The number of rotatable bonds is 9. The topological polar surface area (TPSA) is 73.5 Å². The van der Waals surface area contributed by atoms with E-state index in [4.69, 9.17) is 0 Å². The number of likely N-dealkylation sites (tertiary alicyclic amines) is 1. The molecule has 0 bridgehead atoms. The van der Waals surface area contributed by atoms with Crippen molar-refractivity contribution in [3.63, 3.8) is 0 Å². The average molecular weight is 533 g/mol. The highest BCUT2D eigenvalue weighted by Gasteiger charge is 2.30. The van der Waals surface area contributed by atoms with E-state index in [9.17, 15) is 9.59 Å². The number of benzene rings is 4. The molecule has 3 N–H and O–H groups in total. The fourth-order valence-corrected chi connectivity index (χ4v) is 5.37. The second kappa shape index (κ2) is 13.1. The lowest BCUT2D eigenvalue weighted by Crippen LogP contribution is -2.46. The van der Waals surface area contributed by atoms with E-state index in [0.717, 1.165) is 54.0 Å². The number of hydrogen-bond acceptors (Lipinski definition) is 4. The maximum Gasteiger partial charge on any atom is 0.256 e. The van der Waals surface area contributed by atoms with Crippen LogP contribution in [0.15, 0.2) is 109 Å². The normalized spacial score (nSPS) is 14.7. The molecule has 204 valence electrons. The molecule has 0 aromatic heterocycles. The summed E-state index contributed by atoms with van der Waals surface area (Å²) in [6, 6.07) is 35.6. The molecule has 6 nitrogen and oxygen atoms in total. The molecule has 0 saturated carbocycles. The first-order valence-corrected chi connectivity index (χ1v) is 14.0. The number of hydrogen-bond donors (Lipinski definition) is 3. The number of likely N-dealkylation sites (N-methyl/N-ethyl adjacent to an activating group) is 1. The molecule has 1 aliphatic rings. The van der Waals surface area contributed by atoms with E-state index in [-0.39, 0.29) is 17.9 Å². The number of anilines is 2. The lowest BCUT2D eigenvalue weighted by molar-refractivity contribution is -0.127. The Morgan fingerprint density at radius 2 is 1.38 bits per heavy atom. The third-order valence-corrected chi connectivity index (χ3v) is 7.38. The number of piperidine rings is 1. The van der Waals surface area contributed by atoms with Gasteiger partial charge in [0, 0.05) is 42.6 Å². The molecule has 1 atom stereocenters. The summed E-state index contributed by atoms with van der Waals surface area (Å²) in [6.07, 6.45) is 1.88. The second-order valence-electron chi connectivity index (χ2n) is 10.1. The zero-order valence-corrected chi connectivity index (χ0v) is 22.8. The van der Waals surface area contributed by atoms with Gasteiger partial charge < -0.3 is 16.0 Å². The Kier molecular flexibility index (Phi) is 8.89. The van der Waals surface area contributed by atoms with Gasteiger partial charge in [0.2, 0.25) is 5.91 Å². The van der Waals surface area contributed by atoms with Crippen LogP contribution in [0.2, 0.25) is 0 Å². The first-order valence-electron chi connectivity index (χ1n) is 14.0. The van der Waals surface area contributed by atoms with Gasteiger partial charge in [-0.2, -0.15) is 0 Å². The predicted octanol–water partition coefficient (Wildman–Crippen LogP) is 6.36. The third-order valence-electron chi connectivity index (χ3n) is 7.38. The van der Waals surface area contributed by atoms with Crippen LogP contribution in [0.4, 0.5) is 11.4 Å². The smallest absolute Gasteiger partial charge is 0.256 e. The van der Waals surface area contributed by atoms with Gasteiger partial charge in [0.05, 0.1) is 0 Å². The van der Waals surface area contributed by atoms with Gasteiger partial charge in [-0.05, 0) is 66.8 Å². The highest BCUT2D eigenvalue weighted by Crippen LogP contribution is 2.28. The van der Waals surface area contributed by atoms with Crippen LogP contribution in [-0.2, 0) is 4.79 Å². The number of nitrogens with one attached hydrogen (secondary N) is 3. The molecule has 2 amide bonds. The van der Waals surface area contributed by atoms with E-state index in [1.54, 1.807) is 0 Å². The van der Waals surface area contributed by atoms with Gasteiger partial charge in [0.25, 0.3) is 5.91 Å². The summed E-state index contributed by atoms with van der Waals surface area (Å²) in [4.78, 5) is 28.3. The van der Waals surface area contributed by atoms with Gasteiger partial charge >= 0.3 is 0 Å². The Morgan fingerprint density at radius 3 is 2.05 bits per heavy atom. The highest BCUT2D eigenvalue weighted by molar-refractivity contribution is 6.08. The first-order chi connectivity index (χ1) is 19.6. The molecular weight excluding hydrogens is 496 g/mol. The minimum absolute atomic E-state index is 0.0594. The molecule has 6 heteroatoms. The van der Waals surface area contributed by atoms with E-state index in [1.165, 1.54) is 0 Å². The van der Waals surface area contributed by atoms with E-state index < -0.39 is 0 Å². The lowest BCUT2D eigenvalue weighted by Gasteiger charge is -2.37. The van der Waals surface area contributed by atoms with Gasteiger partial charge in [-0.25, -0.2) is 0 Å². The van der Waals surface area contributed by atoms with Crippen LogP contribution in [0.1, 0.15) is 41.7 Å². The van der Waals surface area contributed by atoms with Crippen molar-refractivity contribution < 1.29 is 9.59 Å². The Hall–Kier alpha value is -4.42. The molecule has 40 heavy (non-hydrogen) atoms. The summed E-state index contributed by atoms with van der Waals surface area (Å²) in [5.74, 6) is -0.0725. The molecule has 1 fully saturated rings. The molecule has 1 unspecified atom stereocenters. The second-order valence-corrected chi connectivity index (χ2v) is 10.1. The fraction of sp³-hybridized carbons (Fsp3) is 0.235. The van der Waals surface area contributed by atoms with Crippen LogP contribution >= 0.6 is 0 Å². The molecule has 0 aliphatic carbocycles. The summed E-state index contributed by atoms with van der Waals surface area (Å²) in [6.45, 7) is 4.25. The van der Waals surface area contributed by atoms with Gasteiger partial charge in [-0.3, -0.25) is 14.5 Å². The van der Waals surface area contributed by atoms with Crippen LogP contribution in [-0.4, -0.2) is 42.4 Å². The summed E-state index contributed by atoms with van der Waals surface area (Å²) < 4.78 is 0. The molecule has 1 heterocycles. The Labute approximate surface area is 236 Å². The van der Waals surface area contributed by atoms with E-state index in [1.807, 2.05) is 116 Å². The largest absolute Gasteiger partial charge is 0.382 e. The summed E-state index contributed by atoms with van der Waals surface area (Å²) >= 11 is 0. The van der Waals surface area contributed by atoms with Crippen molar-refractivity contribution in [3.05, 3.63) is 120 Å². The molecule has 0 spiro atoms. The van der Waals surface area contributed by atoms with Crippen molar-refractivity contribution in [1.29, 1.82) is 0 Å². The van der Waals surface area contributed by atoms with Crippen molar-refractivity contribution >= 4 is 23.2 Å². The van der Waals surface area contributed by atoms with Crippen molar-refractivity contribution in [1.82, 2.24) is 10.2 Å². The van der Waals surface area contributed by atoms with Crippen LogP contribution in [0.25, 0.3) is 11.1 Å². The zero-order valence-electron chi connectivity index (χ0n) is 22.8. The van der Waals surface area contributed by atoms with E-state index in [0.29, 0.717) is 18.2 Å². The SMILES string of the molecule is CCNC(=O)C(c1ccccc1)N1CCC(Nc2ccc(NC(=O)c3ccccc3-c3ccccc3)cc2)CC1. The van der Waals surface area contributed by atoms with Crippen LogP contribution in [0.3, 0.4) is 0 Å². The molecule has 1 saturated heterocycles. The Balaban J connectivity index is 1.18. The molecule has 4 aromatic rings. The maximum atomic E-state index is 13.1. The van der Waals surface area contributed by atoms with E-state index in [2.05, 4.69) is 20.9 Å². The van der Waals surface area contributed by atoms with Gasteiger partial charge in [0.15, 0.2) is 0 Å². The number of amides is 2. The standard InChI is InChI=1S/C34H36N4O2/c1-2-35-34(40)32(26-13-7-4-8-14-26)38-23-21-29(22-24-38)36-27-17-19-28(20-18-27)37-33(39)31-16-10-9-15-30(31)25-11-5-3-6-12-25/h3-20,29,32,36H,2,21-24H2,1H3,(H,35,40)(H,37,39). The molecule has 4 aromatic carbocycles. The van der Waals surface area contributed by atoms with Crippen LogP contribution in [0.5, 0.6) is 0 Å². The van der Waals surface area contributed by atoms with Gasteiger partial charge in [-0.1, -0.05) is 78.9 Å². The van der Waals surface area contributed by atoms with E-state index >= 15 is 0 Å². The quantitative estimate of drug-likeness (QED) is 0.235. The minimum atomic E-state index is -0.267. The number of carbonyl (C=O) groups excluding carboxylic acids is 2. The van der Waals surface area contributed by atoms with Crippen molar-refractivity contribution in [2.75, 3.05) is 30.3 Å². The highest BCUT2D eigenvalue weighted by atomic mass is 16.2. The Bertz CT molecular complexity index is 1400. The van der Waals surface area contributed by atoms with Crippen LogP contribution in [0, 0.1) is 0 Å². The van der Waals surface area contributed by atoms with Crippen molar-refractivity contribution in [2.45, 2.75) is 31.8 Å². The lowest BCUT2D eigenvalue weighted by atomic mass is 9.98. The fourth-order valence-electron chi connectivity index (χ4n) is 5.37. The maximum absolute atomic E-state index is 13.1. The number of carbonyl (C=O) groups is 2. The van der Waals surface area contributed by atoms with Crippen molar-refractivity contribution in [3.8, 4) is 11.1 Å². The minimum Gasteiger partial charge on any atom is -0.382 e. The molecule has 0 radical (unpaired) electrons. The monoisotopic (exact) mass is 532 g/mol. The van der Waals surface area contributed by atoms with Crippen molar-refractivity contribution in [2.24, 2.45) is 0 Å².